The van der Waals surface area contributed by atoms with Gasteiger partial charge in [0.1, 0.15) is 29.4 Å². The van der Waals surface area contributed by atoms with E-state index >= 15 is 0 Å². The fraction of sp³-hybridized carbons (Fsp3) is 0.0667. The molecule has 0 amide bonds. The Labute approximate surface area is 104 Å². The van der Waals surface area contributed by atoms with Gasteiger partial charge in [-0.05, 0) is 30.3 Å². The van der Waals surface area contributed by atoms with Crippen LogP contribution in [0, 0.1) is 0 Å². The zero-order chi connectivity index (χ0) is 12.4. The van der Waals surface area contributed by atoms with Crippen molar-refractivity contribution in [1.29, 1.82) is 0 Å². The van der Waals surface area contributed by atoms with Crippen molar-refractivity contribution in [2.24, 2.45) is 0 Å². The Morgan fingerprint density at radius 2 is 1.83 bits per heavy atom. The van der Waals surface area contributed by atoms with E-state index in [1.54, 1.807) is 18.2 Å². The molecule has 3 heteroatoms. The van der Waals surface area contributed by atoms with Crippen LogP contribution in [0.25, 0.3) is 11.0 Å². The highest BCUT2D eigenvalue weighted by atomic mass is 16.5. The van der Waals surface area contributed by atoms with Gasteiger partial charge < -0.3 is 14.3 Å². The molecule has 0 saturated carbocycles. The van der Waals surface area contributed by atoms with Gasteiger partial charge in [0.2, 0.25) is 0 Å². The summed E-state index contributed by atoms with van der Waals surface area (Å²) in [6.07, 6.45) is 0. The third kappa shape index (κ3) is 2.02. The summed E-state index contributed by atoms with van der Waals surface area (Å²) in [6.45, 7) is 0.345. The molecule has 0 saturated heterocycles. The number of hydrogen-bond donors (Lipinski definition) is 1. The van der Waals surface area contributed by atoms with Crippen LogP contribution in [-0.2, 0) is 6.61 Å². The number of phenolic OH excluding ortho intramolecular Hbond substituents is 1. The van der Waals surface area contributed by atoms with E-state index in [2.05, 4.69) is 0 Å². The fourth-order valence-corrected chi connectivity index (χ4v) is 1.84. The van der Waals surface area contributed by atoms with Gasteiger partial charge in [-0.1, -0.05) is 24.3 Å². The summed E-state index contributed by atoms with van der Waals surface area (Å²) in [5, 5.41) is 10.4. The fourth-order valence-electron chi connectivity index (χ4n) is 1.84. The summed E-state index contributed by atoms with van der Waals surface area (Å²) >= 11 is 0. The van der Waals surface area contributed by atoms with Gasteiger partial charge in [-0.25, -0.2) is 0 Å². The van der Waals surface area contributed by atoms with Crippen molar-refractivity contribution in [2.45, 2.75) is 6.61 Å². The van der Waals surface area contributed by atoms with E-state index in [4.69, 9.17) is 9.15 Å². The van der Waals surface area contributed by atoms with E-state index in [0.717, 1.165) is 5.75 Å². The quantitative estimate of drug-likeness (QED) is 0.758. The number of fused-ring (bicyclic) bond motifs is 1. The molecule has 0 aliphatic heterocycles. The lowest BCUT2D eigenvalue weighted by atomic mass is 10.2. The van der Waals surface area contributed by atoms with Crippen molar-refractivity contribution in [2.75, 3.05) is 0 Å². The maximum absolute atomic E-state index is 9.67. The van der Waals surface area contributed by atoms with Crippen molar-refractivity contribution >= 4 is 11.0 Å². The minimum atomic E-state index is 0.224. The van der Waals surface area contributed by atoms with Crippen LogP contribution in [0.3, 0.4) is 0 Å². The Morgan fingerprint density at radius 3 is 2.61 bits per heavy atom. The number of rotatable bonds is 3. The minimum Gasteiger partial charge on any atom is -0.507 e. The van der Waals surface area contributed by atoms with Crippen molar-refractivity contribution in [3.05, 3.63) is 60.4 Å². The van der Waals surface area contributed by atoms with Gasteiger partial charge in [0, 0.05) is 0 Å². The number of ether oxygens (including phenoxy) is 1. The molecule has 3 aromatic rings. The first kappa shape index (κ1) is 10.7. The maximum Gasteiger partial charge on any atom is 0.146 e. The summed E-state index contributed by atoms with van der Waals surface area (Å²) in [7, 11) is 0. The molecule has 0 spiro atoms. The number of furan rings is 1. The molecule has 1 aromatic heterocycles. The minimum absolute atomic E-state index is 0.224. The molecule has 0 atom stereocenters. The first-order chi connectivity index (χ1) is 8.83. The standard InChI is InChI=1S/C15H12O3/c16-14-7-4-8-15-13(14)9-12(18-15)10-17-11-5-2-1-3-6-11/h1-9,16H,10H2. The van der Waals surface area contributed by atoms with Crippen LogP contribution in [0.2, 0.25) is 0 Å². The number of aromatic hydroxyl groups is 1. The Kier molecular flexibility index (Phi) is 2.65. The van der Waals surface area contributed by atoms with Crippen molar-refractivity contribution < 1.29 is 14.3 Å². The average molecular weight is 240 g/mol. The molecule has 0 radical (unpaired) electrons. The van der Waals surface area contributed by atoms with Crippen LogP contribution in [0.4, 0.5) is 0 Å². The summed E-state index contributed by atoms with van der Waals surface area (Å²) in [4.78, 5) is 0. The molecule has 0 bridgehead atoms. The molecule has 0 fully saturated rings. The maximum atomic E-state index is 9.67. The number of phenols is 1. The lowest BCUT2D eigenvalue weighted by molar-refractivity contribution is 0.274. The molecule has 1 N–H and O–H groups in total. The zero-order valence-electron chi connectivity index (χ0n) is 9.67. The molecular weight excluding hydrogens is 228 g/mol. The molecule has 3 rings (SSSR count). The summed E-state index contributed by atoms with van der Waals surface area (Å²) in [5.41, 5.74) is 0.668. The van der Waals surface area contributed by atoms with E-state index in [-0.39, 0.29) is 5.75 Å². The second-order valence-corrected chi connectivity index (χ2v) is 4.00. The summed E-state index contributed by atoms with van der Waals surface area (Å²) < 4.78 is 11.2. The second-order valence-electron chi connectivity index (χ2n) is 4.00. The lowest BCUT2D eigenvalue weighted by Crippen LogP contribution is -1.92. The number of para-hydroxylation sites is 1. The van der Waals surface area contributed by atoms with Crippen LogP contribution in [0.1, 0.15) is 5.76 Å². The van der Waals surface area contributed by atoms with Crippen molar-refractivity contribution in [1.82, 2.24) is 0 Å². The predicted molar refractivity (Wildman–Crippen MR) is 68.7 cm³/mol. The van der Waals surface area contributed by atoms with Gasteiger partial charge in [-0.15, -0.1) is 0 Å². The lowest BCUT2D eigenvalue weighted by Gasteiger charge is -2.02. The van der Waals surface area contributed by atoms with Gasteiger partial charge in [0.15, 0.2) is 0 Å². The predicted octanol–water partition coefficient (Wildman–Crippen LogP) is 3.72. The number of hydrogen-bond acceptors (Lipinski definition) is 3. The van der Waals surface area contributed by atoms with Crippen LogP contribution >= 0.6 is 0 Å². The highest BCUT2D eigenvalue weighted by molar-refractivity contribution is 5.84. The van der Waals surface area contributed by atoms with E-state index in [1.807, 2.05) is 36.4 Å². The van der Waals surface area contributed by atoms with Crippen molar-refractivity contribution in [3.8, 4) is 11.5 Å². The highest BCUT2D eigenvalue weighted by Crippen LogP contribution is 2.28. The molecule has 2 aromatic carbocycles. The molecule has 18 heavy (non-hydrogen) atoms. The van der Waals surface area contributed by atoms with Crippen LogP contribution < -0.4 is 4.74 Å². The SMILES string of the molecule is Oc1cccc2oc(COc3ccccc3)cc12. The van der Waals surface area contributed by atoms with E-state index < -0.39 is 0 Å². The Hall–Kier alpha value is -2.42. The topological polar surface area (TPSA) is 42.6 Å². The van der Waals surface area contributed by atoms with Crippen molar-refractivity contribution in [3.63, 3.8) is 0 Å². The van der Waals surface area contributed by atoms with Gasteiger partial charge in [-0.3, -0.25) is 0 Å². The van der Waals surface area contributed by atoms with Gasteiger partial charge in [-0.2, -0.15) is 0 Å². The van der Waals surface area contributed by atoms with Gasteiger partial charge in [0.25, 0.3) is 0 Å². The monoisotopic (exact) mass is 240 g/mol. The van der Waals surface area contributed by atoms with Gasteiger partial charge in [0.05, 0.1) is 5.39 Å². The normalized spacial score (nSPS) is 10.7. The Morgan fingerprint density at radius 1 is 1.00 bits per heavy atom. The van der Waals surface area contributed by atoms with Crippen LogP contribution in [0.5, 0.6) is 11.5 Å². The zero-order valence-corrected chi connectivity index (χ0v) is 9.67. The highest BCUT2D eigenvalue weighted by Gasteiger charge is 2.07. The number of benzene rings is 2. The molecule has 0 aliphatic rings. The Bertz CT molecular complexity index is 656. The molecule has 3 nitrogen and oxygen atoms in total. The van der Waals surface area contributed by atoms with E-state index in [9.17, 15) is 5.11 Å². The van der Waals surface area contributed by atoms with E-state index in [1.165, 1.54) is 0 Å². The molecular formula is C15H12O3. The van der Waals surface area contributed by atoms with Crippen LogP contribution in [-0.4, -0.2) is 5.11 Å². The third-order valence-corrected chi connectivity index (χ3v) is 2.71. The largest absolute Gasteiger partial charge is 0.507 e. The smallest absolute Gasteiger partial charge is 0.146 e. The van der Waals surface area contributed by atoms with Gasteiger partial charge >= 0.3 is 0 Å². The summed E-state index contributed by atoms with van der Waals surface area (Å²) in [5.74, 6) is 1.71. The Balaban J connectivity index is 1.81. The molecule has 1 heterocycles. The molecule has 0 unspecified atom stereocenters. The second kappa shape index (κ2) is 4.45. The van der Waals surface area contributed by atoms with E-state index in [0.29, 0.717) is 23.3 Å². The first-order valence-corrected chi connectivity index (χ1v) is 5.71. The van der Waals surface area contributed by atoms with Crippen LogP contribution in [0.15, 0.2) is 59.0 Å². The summed E-state index contributed by atoms with van der Waals surface area (Å²) in [6, 6.07) is 16.6. The first-order valence-electron chi connectivity index (χ1n) is 5.71. The molecule has 0 aliphatic carbocycles. The molecule has 90 valence electrons. The third-order valence-electron chi connectivity index (χ3n) is 2.71. The average Bonchev–Trinajstić information content (AvgIpc) is 2.82.